The molecular formula is BrCl2KSn. The first kappa shape index (κ1) is 39.1. The molecule has 5 heteroatoms. The average molecular weight is 309 g/mol. The predicted molar refractivity (Wildman–Crippen MR) is 5.75 cm³/mol. The third kappa shape index (κ3) is 18.5. The van der Waals surface area contributed by atoms with Crippen LogP contribution < -0.4 is 93.2 Å². The molecule has 0 aromatic carbocycles. The summed E-state index contributed by atoms with van der Waals surface area (Å²) in [5.41, 5.74) is 0. The smallest absolute Gasteiger partial charge is 1.00 e. The van der Waals surface area contributed by atoms with Crippen LogP contribution >= 0.6 is 0 Å². The van der Waals surface area contributed by atoms with Crippen molar-refractivity contribution in [2.75, 3.05) is 0 Å². The van der Waals surface area contributed by atoms with Gasteiger partial charge < -0.3 is 41.8 Å². The second kappa shape index (κ2) is 25.9. The summed E-state index contributed by atoms with van der Waals surface area (Å²) < 4.78 is 0. The Balaban J connectivity index is 0. The summed E-state index contributed by atoms with van der Waals surface area (Å²) in [6.07, 6.45) is 0. The minimum atomic E-state index is 0. The van der Waals surface area contributed by atoms with Crippen molar-refractivity contribution in [2.45, 2.75) is 0 Å². The summed E-state index contributed by atoms with van der Waals surface area (Å²) in [6, 6.07) is 0. The quantitative estimate of drug-likeness (QED) is 0.390. The molecule has 0 heterocycles. The maximum absolute atomic E-state index is 0. The molecule has 0 unspecified atom stereocenters. The van der Waals surface area contributed by atoms with Crippen LogP contribution in [0.5, 0.6) is 0 Å². The van der Waals surface area contributed by atoms with Crippen LogP contribution in [-0.4, -0.2) is 23.9 Å². The molecule has 0 nitrogen and oxygen atoms in total. The summed E-state index contributed by atoms with van der Waals surface area (Å²) in [4.78, 5) is 0. The molecule has 2 radical (unpaired) electrons. The van der Waals surface area contributed by atoms with Gasteiger partial charge in [0, 0.05) is 0 Å². The van der Waals surface area contributed by atoms with Gasteiger partial charge in [-0.05, 0) is 0 Å². The van der Waals surface area contributed by atoms with Crippen molar-refractivity contribution in [1.29, 1.82) is 0 Å². The zero-order valence-electron chi connectivity index (χ0n) is 2.63. The standard InChI is InChI=1S/BrH.2ClH.K.Sn/h3*1H;;/q;;;+1;+2/p-3. The van der Waals surface area contributed by atoms with Crippen LogP contribution in [0.4, 0.5) is 0 Å². The van der Waals surface area contributed by atoms with E-state index in [0.29, 0.717) is 0 Å². The van der Waals surface area contributed by atoms with Gasteiger partial charge in [-0.15, -0.1) is 0 Å². The molecule has 0 N–H and O–H groups in total. The fraction of sp³-hybridized carbons (Fsp3) is 0. The zero-order chi connectivity index (χ0) is 0. The van der Waals surface area contributed by atoms with Crippen molar-refractivity contribution >= 4 is 23.9 Å². The van der Waals surface area contributed by atoms with Gasteiger partial charge >= 0.3 is 75.3 Å². The van der Waals surface area contributed by atoms with Gasteiger partial charge in [0.15, 0.2) is 0 Å². The Morgan fingerprint density at radius 3 is 0.800 bits per heavy atom. The van der Waals surface area contributed by atoms with Crippen LogP contribution in [0.1, 0.15) is 0 Å². The molecule has 0 rings (SSSR count). The predicted octanol–water partition coefficient (Wildman–Crippen LogP) is -12.4. The third-order valence-corrected chi connectivity index (χ3v) is 0. The molecule has 26 valence electrons. The molecule has 0 aliphatic carbocycles. The van der Waals surface area contributed by atoms with Gasteiger partial charge in [0.05, 0.1) is 0 Å². The number of hydrogen-bond donors (Lipinski definition) is 0. The fourth-order valence-electron chi connectivity index (χ4n) is 0. The molecule has 0 amide bonds. The van der Waals surface area contributed by atoms with Crippen molar-refractivity contribution in [3.05, 3.63) is 0 Å². The maximum atomic E-state index is 0. The molecule has 0 aliphatic rings. The van der Waals surface area contributed by atoms with E-state index in [1.54, 1.807) is 0 Å². The Morgan fingerprint density at radius 1 is 0.800 bits per heavy atom. The van der Waals surface area contributed by atoms with E-state index in [4.69, 9.17) is 0 Å². The molecule has 0 saturated carbocycles. The Bertz CT molecular complexity index is 9.61. The molecule has 5 heavy (non-hydrogen) atoms. The average Bonchev–Trinajstić information content (AvgIpc) is 0. The summed E-state index contributed by atoms with van der Waals surface area (Å²) in [6.45, 7) is 0. The number of hydrogen-bond acceptors (Lipinski definition) is 0. The van der Waals surface area contributed by atoms with E-state index < -0.39 is 0 Å². The van der Waals surface area contributed by atoms with E-state index in [1.165, 1.54) is 0 Å². The van der Waals surface area contributed by atoms with Crippen LogP contribution in [0.25, 0.3) is 0 Å². The molecule has 0 aromatic heterocycles. The Morgan fingerprint density at radius 2 is 0.800 bits per heavy atom. The van der Waals surface area contributed by atoms with Crippen molar-refractivity contribution in [3.63, 3.8) is 0 Å². The molecule has 0 spiro atoms. The van der Waals surface area contributed by atoms with Crippen molar-refractivity contribution < 1.29 is 93.2 Å². The van der Waals surface area contributed by atoms with Crippen molar-refractivity contribution in [3.8, 4) is 0 Å². The van der Waals surface area contributed by atoms with Gasteiger partial charge in [-0.2, -0.15) is 0 Å². The molecule has 0 bridgehead atoms. The van der Waals surface area contributed by atoms with Crippen LogP contribution in [0, 0.1) is 0 Å². The van der Waals surface area contributed by atoms with Gasteiger partial charge in [0.25, 0.3) is 0 Å². The van der Waals surface area contributed by atoms with E-state index in [-0.39, 0.29) is 117 Å². The molecule has 0 aromatic rings. The number of halogens is 3. The summed E-state index contributed by atoms with van der Waals surface area (Å²) in [5, 5.41) is 0. The maximum Gasteiger partial charge on any atom is 2.00 e. The first-order valence-corrected chi connectivity index (χ1v) is 0. The summed E-state index contributed by atoms with van der Waals surface area (Å²) in [5.74, 6) is 0. The van der Waals surface area contributed by atoms with Gasteiger partial charge in [-0.25, -0.2) is 0 Å². The van der Waals surface area contributed by atoms with Gasteiger partial charge in [-0.1, -0.05) is 0 Å². The monoisotopic (exact) mass is 308 g/mol. The molecule has 0 fully saturated rings. The zero-order valence-corrected chi connectivity index (χ0v) is 11.7. The molecule has 0 atom stereocenters. The SMILES string of the molecule is [Br-].[Cl-].[Cl-].[K+].[Sn+2]. The largest absolute Gasteiger partial charge is 2.00 e. The second-order valence-electron chi connectivity index (χ2n) is 0. The van der Waals surface area contributed by atoms with Gasteiger partial charge in [-0.3, -0.25) is 0 Å². The molecule has 0 aliphatic heterocycles. The van der Waals surface area contributed by atoms with E-state index in [1.807, 2.05) is 0 Å². The second-order valence-corrected chi connectivity index (χ2v) is 0. The van der Waals surface area contributed by atoms with Gasteiger partial charge in [0.1, 0.15) is 0 Å². The van der Waals surface area contributed by atoms with E-state index in [2.05, 4.69) is 0 Å². The van der Waals surface area contributed by atoms with Gasteiger partial charge in [0.2, 0.25) is 0 Å². The van der Waals surface area contributed by atoms with Crippen LogP contribution in [0.2, 0.25) is 0 Å². The first-order chi connectivity index (χ1) is 0. The van der Waals surface area contributed by atoms with E-state index in [9.17, 15) is 0 Å². The summed E-state index contributed by atoms with van der Waals surface area (Å²) in [7, 11) is 0. The molecular weight excluding hydrogens is 309 g/mol. The van der Waals surface area contributed by atoms with Crippen LogP contribution in [0.15, 0.2) is 0 Å². The third-order valence-electron chi connectivity index (χ3n) is 0. The van der Waals surface area contributed by atoms with Crippen LogP contribution in [0.3, 0.4) is 0 Å². The number of rotatable bonds is 0. The minimum Gasteiger partial charge on any atom is -1.00 e. The van der Waals surface area contributed by atoms with Crippen molar-refractivity contribution in [2.24, 2.45) is 0 Å². The Kier molecular flexibility index (Phi) is 202. The van der Waals surface area contributed by atoms with E-state index in [0.717, 1.165) is 0 Å². The Hall–Kier alpha value is 3.50. The molecule has 0 saturated heterocycles. The first-order valence-electron chi connectivity index (χ1n) is 0. The van der Waals surface area contributed by atoms with Crippen LogP contribution in [-0.2, 0) is 0 Å². The fourth-order valence-corrected chi connectivity index (χ4v) is 0. The minimum absolute atomic E-state index is 0. The van der Waals surface area contributed by atoms with Crippen molar-refractivity contribution in [1.82, 2.24) is 0 Å². The van der Waals surface area contributed by atoms with E-state index >= 15 is 0 Å². The summed E-state index contributed by atoms with van der Waals surface area (Å²) >= 11 is 0. The normalized spacial score (nSPS) is 0. The Labute approximate surface area is 114 Å². The topological polar surface area (TPSA) is 0 Å².